The molecule has 2 atom stereocenters. The van der Waals surface area contributed by atoms with Crippen LogP contribution in [0.15, 0.2) is 71.0 Å². The molecular weight excluding hydrogens is 428 g/mol. The van der Waals surface area contributed by atoms with Gasteiger partial charge in [0.25, 0.3) is 0 Å². The molecule has 0 aliphatic heterocycles. The number of carbonyl (C=O) groups excluding carboxylic acids is 1. The summed E-state index contributed by atoms with van der Waals surface area (Å²) < 4.78 is 7.42. The highest BCUT2D eigenvalue weighted by Gasteiger charge is 2.27. The molecule has 3 rings (SSSR count). The quantitative estimate of drug-likeness (QED) is 0.423. The summed E-state index contributed by atoms with van der Waals surface area (Å²) in [6, 6.07) is 15.2. The van der Waals surface area contributed by atoms with Crippen LogP contribution in [0.1, 0.15) is 31.0 Å². The van der Waals surface area contributed by atoms with Crippen LogP contribution in [-0.4, -0.2) is 53.2 Å². The molecule has 0 aliphatic carbocycles. The van der Waals surface area contributed by atoms with Crippen LogP contribution in [0.4, 0.5) is 5.69 Å². The number of imidazole rings is 1. The van der Waals surface area contributed by atoms with E-state index in [1.54, 1.807) is 24.4 Å². The Morgan fingerprint density at radius 2 is 1.85 bits per heavy atom. The molecule has 0 radical (unpaired) electrons. The zero-order valence-electron chi connectivity index (χ0n) is 20.6. The molecule has 0 spiro atoms. The molecule has 34 heavy (non-hydrogen) atoms. The van der Waals surface area contributed by atoms with Gasteiger partial charge in [-0.05, 0) is 31.5 Å². The minimum Gasteiger partial charge on any atom is -0.494 e. The number of aromatic nitrogens is 2. The highest BCUT2D eigenvalue weighted by molar-refractivity contribution is 6.09. The van der Waals surface area contributed by atoms with Gasteiger partial charge in [0, 0.05) is 32.3 Å². The van der Waals surface area contributed by atoms with Crippen LogP contribution < -0.4 is 10.5 Å². The lowest BCUT2D eigenvalue weighted by Crippen LogP contribution is -2.36. The Morgan fingerprint density at radius 3 is 2.44 bits per heavy atom. The van der Waals surface area contributed by atoms with E-state index in [1.807, 2.05) is 88.1 Å². The average Bonchev–Trinajstić information content (AvgIpc) is 3.27. The fourth-order valence-corrected chi connectivity index (χ4v) is 3.77. The summed E-state index contributed by atoms with van der Waals surface area (Å²) in [5.74, 6) is 0.579. The van der Waals surface area contributed by atoms with Crippen molar-refractivity contribution in [2.75, 3.05) is 21.2 Å². The number of Topliss-reactive ketones (excluding diaryl/α,β-unsaturated/α-hetero) is 1. The summed E-state index contributed by atoms with van der Waals surface area (Å²) in [4.78, 5) is 28.2. The summed E-state index contributed by atoms with van der Waals surface area (Å²) in [6.45, 7) is 5.68. The number of hydrogen-bond donors (Lipinski definition) is 1. The smallest absolute Gasteiger partial charge is 0.222 e. The molecule has 1 aromatic heterocycles. The summed E-state index contributed by atoms with van der Waals surface area (Å²) >= 11 is 0. The molecular formula is C26H32N6O2. The molecule has 2 N–H and O–H groups in total. The third kappa shape index (κ3) is 5.70. The maximum Gasteiger partial charge on any atom is 0.222 e. The lowest BCUT2D eigenvalue weighted by molar-refractivity contribution is -0.121. The fraction of sp³-hybridized carbons (Fsp3) is 0.308. The molecule has 0 bridgehead atoms. The molecule has 3 aromatic rings. The minimum absolute atomic E-state index is 0.0593. The van der Waals surface area contributed by atoms with Gasteiger partial charge in [-0.2, -0.15) is 4.99 Å². The molecule has 178 valence electrons. The van der Waals surface area contributed by atoms with Crippen molar-refractivity contribution in [3.63, 3.8) is 0 Å². The standard InChI is InChI=1S/C26H32N6O2/c1-17-15-32(16-28-17)22-13-12-21(14-23(22)34-6)29-26(27)30-25(31(4)5)19(3)24(33)18(2)20-10-8-7-9-11-20/h7-16,18-19H,1-6H3,(H2,27,29). The second kappa shape index (κ2) is 10.8. The number of aryl methyl sites for hydroxylation is 1. The predicted molar refractivity (Wildman–Crippen MR) is 136 cm³/mol. The van der Waals surface area contributed by atoms with Crippen LogP contribution in [0.2, 0.25) is 0 Å². The summed E-state index contributed by atoms with van der Waals surface area (Å²) in [7, 11) is 5.28. The van der Waals surface area contributed by atoms with Gasteiger partial charge in [-0.25, -0.2) is 9.98 Å². The van der Waals surface area contributed by atoms with Crippen LogP contribution >= 0.6 is 0 Å². The normalized spacial score (nSPS) is 13.9. The van der Waals surface area contributed by atoms with E-state index in [1.165, 1.54) is 0 Å². The van der Waals surface area contributed by atoms with Crippen LogP contribution in [-0.2, 0) is 4.79 Å². The number of nitrogens with two attached hydrogens (primary N) is 1. The minimum atomic E-state index is -0.458. The number of carbonyl (C=O) groups is 1. The van der Waals surface area contributed by atoms with Crippen LogP contribution in [0.3, 0.4) is 0 Å². The van der Waals surface area contributed by atoms with Crippen molar-refractivity contribution in [2.45, 2.75) is 26.7 Å². The van der Waals surface area contributed by atoms with E-state index in [9.17, 15) is 4.79 Å². The summed E-state index contributed by atoms with van der Waals surface area (Å²) in [6.07, 6.45) is 3.64. The number of aliphatic imine (C=N–C) groups is 2. The summed E-state index contributed by atoms with van der Waals surface area (Å²) in [5, 5.41) is 0. The molecule has 1 heterocycles. The van der Waals surface area contributed by atoms with Gasteiger partial charge in [-0.1, -0.05) is 37.3 Å². The molecule has 0 fully saturated rings. The van der Waals surface area contributed by atoms with Crippen molar-refractivity contribution in [3.05, 3.63) is 72.3 Å². The van der Waals surface area contributed by atoms with Crippen LogP contribution in [0.25, 0.3) is 5.69 Å². The van der Waals surface area contributed by atoms with Crippen molar-refractivity contribution >= 4 is 23.3 Å². The van der Waals surface area contributed by atoms with Gasteiger partial charge in [0.15, 0.2) is 0 Å². The Labute approximate surface area is 200 Å². The van der Waals surface area contributed by atoms with Gasteiger partial charge in [0.1, 0.15) is 17.4 Å². The van der Waals surface area contributed by atoms with Crippen molar-refractivity contribution < 1.29 is 9.53 Å². The van der Waals surface area contributed by atoms with Crippen LogP contribution in [0, 0.1) is 12.8 Å². The number of rotatable bonds is 7. The zero-order valence-corrected chi connectivity index (χ0v) is 20.6. The first-order valence-corrected chi connectivity index (χ1v) is 11.1. The van der Waals surface area contributed by atoms with Crippen molar-refractivity contribution in [2.24, 2.45) is 21.6 Å². The van der Waals surface area contributed by atoms with E-state index < -0.39 is 5.92 Å². The highest BCUT2D eigenvalue weighted by atomic mass is 16.5. The van der Waals surface area contributed by atoms with E-state index in [0.29, 0.717) is 17.3 Å². The third-order valence-electron chi connectivity index (χ3n) is 5.62. The number of ether oxygens (including phenoxy) is 1. The Hall–Kier alpha value is -3.94. The second-order valence-corrected chi connectivity index (χ2v) is 8.37. The van der Waals surface area contributed by atoms with Crippen LogP contribution in [0.5, 0.6) is 5.75 Å². The lowest BCUT2D eigenvalue weighted by atomic mass is 9.89. The molecule has 0 saturated heterocycles. The number of hydrogen-bond acceptors (Lipinski definition) is 4. The molecule has 2 aromatic carbocycles. The number of methoxy groups -OCH3 is 1. The average molecular weight is 461 g/mol. The zero-order chi connectivity index (χ0) is 24.8. The molecule has 8 nitrogen and oxygen atoms in total. The van der Waals surface area contributed by atoms with E-state index in [0.717, 1.165) is 16.9 Å². The third-order valence-corrected chi connectivity index (χ3v) is 5.62. The highest BCUT2D eigenvalue weighted by Crippen LogP contribution is 2.28. The van der Waals surface area contributed by atoms with Gasteiger partial charge >= 0.3 is 0 Å². The van der Waals surface area contributed by atoms with Gasteiger partial charge in [0.2, 0.25) is 5.96 Å². The Morgan fingerprint density at radius 1 is 1.15 bits per heavy atom. The molecule has 0 aliphatic rings. The van der Waals surface area contributed by atoms with Gasteiger partial charge < -0.3 is 19.9 Å². The monoisotopic (exact) mass is 460 g/mol. The first-order chi connectivity index (χ1) is 16.2. The number of ketones is 1. The van der Waals surface area contributed by atoms with Crippen molar-refractivity contribution in [1.82, 2.24) is 14.5 Å². The lowest BCUT2D eigenvalue weighted by Gasteiger charge is -2.23. The van der Waals surface area contributed by atoms with Crippen molar-refractivity contribution in [1.29, 1.82) is 0 Å². The van der Waals surface area contributed by atoms with Gasteiger partial charge in [-0.15, -0.1) is 0 Å². The number of nitrogens with zero attached hydrogens (tertiary/aromatic N) is 5. The Bertz CT molecular complexity index is 1200. The number of amidine groups is 1. The topological polar surface area (TPSA) is 98.1 Å². The Kier molecular flexibility index (Phi) is 7.83. The predicted octanol–water partition coefficient (Wildman–Crippen LogP) is 4.10. The number of guanidine groups is 1. The molecule has 8 heteroatoms. The maximum absolute atomic E-state index is 13.2. The Balaban J connectivity index is 1.86. The first kappa shape index (κ1) is 24.7. The first-order valence-electron chi connectivity index (χ1n) is 11.1. The van der Waals surface area contributed by atoms with Crippen molar-refractivity contribution in [3.8, 4) is 11.4 Å². The van der Waals surface area contributed by atoms with E-state index in [-0.39, 0.29) is 17.7 Å². The molecule has 0 amide bonds. The molecule has 0 saturated carbocycles. The number of benzene rings is 2. The maximum atomic E-state index is 13.2. The SMILES string of the molecule is COc1cc(N=C(N)N=C(C(C)C(=O)C(C)c2ccccc2)N(C)C)ccc1-n1cnc(C)c1. The van der Waals surface area contributed by atoms with E-state index >= 15 is 0 Å². The second-order valence-electron chi connectivity index (χ2n) is 8.37. The van der Waals surface area contributed by atoms with Gasteiger partial charge in [-0.3, -0.25) is 4.79 Å². The van der Waals surface area contributed by atoms with E-state index in [4.69, 9.17) is 10.5 Å². The van der Waals surface area contributed by atoms with E-state index in [2.05, 4.69) is 15.0 Å². The van der Waals surface area contributed by atoms with Gasteiger partial charge in [0.05, 0.1) is 36.4 Å². The fourth-order valence-electron chi connectivity index (χ4n) is 3.77. The molecule has 2 unspecified atom stereocenters. The largest absolute Gasteiger partial charge is 0.494 e. The summed E-state index contributed by atoms with van der Waals surface area (Å²) in [5.41, 5.74) is 9.49.